The van der Waals surface area contributed by atoms with Crippen LogP contribution in [-0.2, 0) is 9.53 Å². The average molecular weight is 305 g/mol. The maximum absolute atomic E-state index is 12.5. The summed E-state index contributed by atoms with van der Waals surface area (Å²) in [4.78, 5) is 22.8. The van der Waals surface area contributed by atoms with Gasteiger partial charge in [-0.15, -0.1) is 0 Å². The van der Waals surface area contributed by atoms with Gasteiger partial charge in [0.15, 0.2) is 0 Å². The molecule has 0 heterocycles. The van der Waals surface area contributed by atoms with Gasteiger partial charge in [-0.3, -0.25) is 4.79 Å². The first kappa shape index (κ1) is 17.0. The van der Waals surface area contributed by atoms with Crippen LogP contribution in [0.15, 0.2) is 24.3 Å². The van der Waals surface area contributed by atoms with Crippen molar-refractivity contribution in [3.05, 3.63) is 29.8 Å². The molecule has 0 aliphatic rings. The number of esters is 1. The molecule has 0 saturated heterocycles. The second-order valence-corrected chi connectivity index (χ2v) is 4.32. The highest BCUT2D eigenvalue weighted by atomic mass is 19.4. The number of carbonyl (C=O) groups excluding carboxylic acids is 2. The molecular weight excluding hydrogens is 291 g/mol. The van der Waals surface area contributed by atoms with Crippen molar-refractivity contribution in [1.29, 1.82) is 0 Å². The van der Waals surface area contributed by atoms with E-state index in [-0.39, 0.29) is 17.9 Å². The van der Waals surface area contributed by atoms with Gasteiger partial charge in [-0.25, -0.2) is 4.79 Å². The van der Waals surface area contributed by atoms with Crippen LogP contribution in [0.2, 0.25) is 0 Å². The van der Waals surface area contributed by atoms with Crippen molar-refractivity contribution in [2.75, 3.05) is 11.9 Å². The highest BCUT2D eigenvalue weighted by Crippen LogP contribution is 2.31. The molecule has 0 spiro atoms. The van der Waals surface area contributed by atoms with Crippen LogP contribution in [-0.4, -0.2) is 35.4 Å². The molecular formula is C13H14F3NO4. The Morgan fingerprint density at radius 1 is 1.24 bits per heavy atom. The number of benzene rings is 1. The topological polar surface area (TPSA) is 75.6 Å². The lowest BCUT2D eigenvalue weighted by atomic mass is 10.1. The normalized spacial score (nSPS) is 14.2. The van der Waals surface area contributed by atoms with E-state index < -0.39 is 23.7 Å². The zero-order chi connectivity index (χ0) is 16.3. The van der Waals surface area contributed by atoms with Gasteiger partial charge in [0.1, 0.15) is 0 Å². The van der Waals surface area contributed by atoms with Gasteiger partial charge in [0.2, 0.25) is 5.60 Å². The summed E-state index contributed by atoms with van der Waals surface area (Å²) in [5.41, 5.74) is -3.30. The first-order valence-electron chi connectivity index (χ1n) is 5.97. The molecule has 2 N–H and O–H groups in total. The molecule has 0 fully saturated rings. The minimum atomic E-state index is -5.10. The number of rotatable bonds is 4. The molecule has 116 valence electrons. The number of carbonyl (C=O) groups is 2. The Bertz CT molecular complexity index is 523. The van der Waals surface area contributed by atoms with E-state index in [0.717, 1.165) is 0 Å². The van der Waals surface area contributed by atoms with Crippen molar-refractivity contribution in [1.82, 2.24) is 0 Å². The van der Waals surface area contributed by atoms with Crippen LogP contribution in [0.4, 0.5) is 18.9 Å². The molecule has 8 heteroatoms. The average Bonchev–Trinajstić information content (AvgIpc) is 2.38. The van der Waals surface area contributed by atoms with E-state index in [9.17, 15) is 27.9 Å². The molecule has 1 aromatic carbocycles. The van der Waals surface area contributed by atoms with Crippen LogP contribution >= 0.6 is 0 Å². The quantitative estimate of drug-likeness (QED) is 0.835. The van der Waals surface area contributed by atoms with Crippen molar-refractivity contribution in [3.8, 4) is 0 Å². The Hall–Kier alpha value is -2.09. The Morgan fingerprint density at radius 3 is 2.19 bits per heavy atom. The Kier molecular flexibility index (Phi) is 4.95. The number of aliphatic hydroxyl groups is 1. The molecule has 1 amide bonds. The fraction of sp³-hybridized carbons (Fsp3) is 0.385. The minimum absolute atomic E-state index is 0.0116. The summed E-state index contributed by atoms with van der Waals surface area (Å²) >= 11 is 0. The SMILES string of the molecule is CCOC(=O)c1ccc(NC(=O)[C@@](C)(O)C(F)(F)F)cc1. The second-order valence-electron chi connectivity index (χ2n) is 4.32. The van der Waals surface area contributed by atoms with Crippen molar-refractivity contribution >= 4 is 17.6 Å². The molecule has 0 aromatic heterocycles. The van der Waals surface area contributed by atoms with Gasteiger partial charge < -0.3 is 15.2 Å². The van der Waals surface area contributed by atoms with E-state index in [1.54, 1.807) is 6.92 Å². The summed E-state index contributed by atoms with van der Waals surface area (Å²) in [5.74, 6) is -2.20. The van der Waals surface area contributed by atoms with E-state index >= 15 is 0 Å². The Balaban J connectivity index is 2.81. The van der Waals surface area contributed by atoms with E-state index in [0.29, 0.717) is 6.92 Å². The zero-order valence-corrected chi connectivity index (χ0v) is 11.3. The lowest BCUT2D eigenvalue weighted by Crippen LogP contribution is -2.52. The van der Waals surface area contributed by atoms with Gasteiger partial charge in [-0.05, 0) is 38.1 Å². The van der Waals surface area contributed by atoms with Crippen LogP contribution in [0.3, 0.4) is 0 Å². The molecule has 1 rings (SSSR count). The first-order chi connectivity index (χ1) is 9.59. The third kappa shape index (κ3) is 3.94. The predicted molar refractivity (Wildman–Crippen MR) is 67.7 cm³/mol. The van der Waals surface area contributed by atoms with Crippen molar-refractivity contribution in [3.63, 3.8) is 0 Å². The molecule has 0 saturated carbocycles. The van der Waals surface area contributed by atoms with E-state index in [1.165, 1.54) is 24.3 Å². The Morgan fingerprint density at radius 2 is 1.76 bits per heavy atom. The van der Waals surface area contributed by atoms with Crippen molar-refractivity contribution in [2.24, 2.45) is 0 Å². The van der Waals surface area contributed by atoms with E-state index in [4.69, 9.17) is 4.74 Å². The maximum atomic E-state index is 12.5. The van der Waals surface area contributed by atoms with Crippen LogP contribution < -0.4 is 5.32 Å². The number of hydrogen-bond acceptors (Lipinski definition) is 4. The van der Waals surface area contributed by atoms with Crippen LogP contribution in [0, 0.1) is 0 Å². The highest BCUT2D eigenvalue weighted by Gasteiger charge is 2.55. The van der Waals surface area contributed by atoms with E-state index in [2.05, 4.69) is 0 Å². The molecule has 1 aromatic rings. The minimum Gasteiger partial charge on any atom is -0.462 e. The van der Waals surface area contributed by atoms with Crippen LogP contribution in [0.5, 0.6) is 0 Å². The summed E-state index contributed by atoms with van der Waals surface area (Å²) in [7, 11) is 0. The third-order valence-electron chi connectivity index (χ3n) is 2.65. The molecule has 0 aliphatic carbocycles. The highest BCUT2D eigenvalue weighted by molar-refractivity contribution is 5.98. The Labute approximate surface area is 118 Å². The van der Waals surface area contributed by atoms with Crippen molar-refractivity contribution < 1.29 is 32.6 Å². The zero-order valence-electron chi connectivity index (χ0n) is 11.3. The van der Waals surface area contributed by atoms with Gasteiger partial charge in [-0.2, -0.15) is 13.2 Å². The molecule has 0 unspecified atom stereocenters. The fourth-order valence-electron chi connectivity index (χ4n) is 1.29. The van der Waals surface area contributed by atoms with Gasteiger partial charge in [0.25, 0.3) is 5.91 Å². The molecule has 5 nitrogen and oxygen atoms in total. The van der Waals surface area contributed by atoms with Crippen molar-refractivity contribution in [2.45, 2.75) is 25.6 Å². The van der Waals surface area contributed by atoms with Crippen LogP contribution in [0.25, 0.3) is 0 Å². The molecule has 21 heavy (non-hydrogen) atoms. The number of halogens is 3. The largest absolute Gasteiger partial charge is 0.462 e. The van der Waals surface area contributed by atoms with Gasteiger partial charge >= 0.3 is 12.1 Å². The smallest absolute Gasteiger partial charge is 0.426 e. The lowest BCUT2D eigenvalue weighted by molar-refractivity contribution is -0.242. The van der Waals surface area contributed by atoms with Gasteiger partial charge in [-0.1, -0.05) is 0 Å². The molecule has 0 bridgehead atoms. The number of nitrogens with one attached hydrogen (secondary N) is 1. The predicted octanol–water partition coefficient (Wildman–Crippen LogP) is 2.12. The summed E-state index contributed by atoms with van der Waals surface area (Å²) in [6.07, 6.45) is -5.10. The second kappa shape index (κ2) is 6.13. The summed E-state index contributed by atoms with van der Waals surface area (Å²) in [6, 6.07) is 5.04. The summed E-state index contributed by atoms with van der Waals surface area (Å²) in [6.45, 7) is 2.17. The molecule has 0 radical (unpaired) electrons. The summed E-state index contributed by atoms with van der Waals surface area (Å²) in [5, 5.41) is 11.1. The van der Waals surface area contributed by atoms with E-state index in [1.807, 2.05) is 5.32 Å². The maximum Gasteiger partial charge on any atom is 0.426 e. The fourth-order valence-corrected chi connectivity index (χ4v) is 1.29. The van der Waals surface area contributed by atoms with Gasteiger partial charge in [0.05, 0.1) is 12.2 Å². The van der Waals surface area contributed by atoms with Gasteiger partial charge in [0, 0.05) is 5.69 Å². The molecule has 1 atom stereocenters. The third-order valence-corrected chi connectivity index (χ3v) is 2.65. The monoisotopic (exact) mass is 305 g/mol. The lowest BCUT2D eigenvalue weighted by Gasteiger charge is -2.24. The number of ether oxygens (including phenoxy) is 1. The number of anilines is 1. The first-order valence-corrected chi connectivity index (χ1v) is 5.97. The molecule has 0 aliphatic heterocycles. The summed E-state index contributed by atoms with van der Waals surface area (Å²) < 4.78 is 42.1. The number of alkyl halides is 3. The van der Waals surface area contributed by atoms with Crippen LogP contribution in [0.1, 0.15) is 24.2 Å². The standard InChI is InChI=1S/C13H14F3NO4/c1-3-21-10(18)8-4-6-9(7-5-8)17-11(19)12(2,20)13(14,15)16/h4-7,20H,3H2,1-2H3,(H,17,19)/t12-/m1/s1. The number of amides is 1. The number of hydrogen-bond donors (Lipinski definition) is 2.